The van der Waals surface area contributed by atoms with E-state index >= 15 is 0 Å². The monoisotopic (exact) mass is 522 g/mol. The quantitative estimate of drug-likeness (QED) is 0.338. The highest BCUT2D eigenvalue weighted by atomic mass is 32.2. The Hall–Kier alpha value is -4.43. The van der Waals surface area contributed by atoms with Crippen molar-refractivity contribution in [3.8, 4) is 0 Å². The van der Waals surface area contributed by atoms with Crippen LogP contribution in [0.25, 0.3) is 0 Å². The van der Waals surface area contributed by atoms with Crippen molar-refractivity contribution < 1.29 is 14.4 Å². The fourth-order valence-corrected chi connectivity index (χ4v) is 5.43. The molecule has 0 saturated carbocycles. The van der Waals surface area contributed by atoms with E-state index < -0.39 is 0 Å². The number of amides is 3. The van der Waals surface area contributed by atoms with E-state index in [2.05, 4.69) is 15.6 Å². The molecular formula is C30H26N4O3S. The van der Waals surface area contributed by atoms with Crippen LogP contribution in [0.15, 0.2) is 103 Å². The third-order valence-electron chi connectivity index (χ3n) is 6.22. The van der Waals surface area contributed by atoms with E-state index in [0.717, 1.165) is 16.7 Å². The normalized spacial score (nSPS) is 14.8. The maximum absolute atomic E-state index is 13.0. The Balaban J connectivity index is 1.25. The second-order valence-corrected chi connectivity index (χ2v) is 9.90. The highest BCUT2D eigenvalue weighted by molar-refractivity contribution is 8.00. The molecule has 2 heterocycles. The lowest BCUT2D eigenvalue weighted by atomic mass is 10.1. The zero-order chi connectivity index (χ0) is 26.3. The summed E-state index contributed by atoms with van der Waals surface area (Å²) in [6.07, 6.45) is 3.37. The molecule has 0 aliphatic carbocycles. The molecule has 0 unspecified atom stereocenters. The van der Waals surface area contributed by atoms with Gasteiger partial charge in [-0.05, 0) is 47.0 Å². The van der Waals surface area contributed by atoms with Gasteiger partial charge in [-0.2, -0.15) is 0 Å². The number of rotatable bonds is 8. The summed E-state index contributed by atoms with van der Waals surface area (Å²) < 4.78 is 0. The summed E-state index contributed by atoms with van der Waals surface area (Å²) in [7, 11) is 0. The van der Waals surface area contributed by atoms with Gasteiger partial charge < -0.3 is 15.5 Å². The Bertz CT molecular complexity index is 1430. The minimum Gasteiger partial charge on any atom is -0.348 e. The van der Waals surface area contributed by atoms with Crippen LogP contribution in [0, 0.1) is 0 Å². The highest BCUT2D eigenvalue weighted by Gasteiger charge is 2.32. The standard InChI is InChI=1S/C30H26N4O3S/c35-27-20-38-30(34(27)19-21-7-2-1-3-8-21)24-14-12-23(13-15-24)28(36)33-26-11-5-4-10-25(26)29(37)32-18-22-9-6-16-31-17-22/h1-17,30H,18-20H2,(H,32,37)(H,33,36)/t30-/m1/s1. The van der Waals surface area contributed by atoms with E-state index in [-0.39, 0.29) is 23.1 Å². The number of benzene rings is 3. The van der Waals surface area contributed by atoms with E-state index in [0.29, 0.717) is 35.7 Å². The van der Waals surface area contributed by atoms with Crippen LogP contribution < -0.4 is 10.6 Å². The van der Waals surface area contributed by atoms with Crippen molar-refractivity contribution >= 4 is 35.2 Å². The number of para-hydroxylation sites is 1. The van der Waals surface area contributed by atoms with Crippen LogP contribution in [0.1, 0.15) is 42.8 Å². The molecule has 3 aromatic carbocycles. The molecular weight excluding hydrogens is 496 g/mol. The van der Waals surface area contributed by atoms with Crippen LogP contribution in [0.4, 0.5) is 5.69 Å². The first-order chi connectivity index (χ1) is 18.6. The van der Waals surface area contributed by atoms with Crippen LogP contribution in [-0.4, -0.2) is 33.4 Å². The summed E-state index contributed by atoms with van der Waals surface area (Å²) in [6.45, 7) is 0.874. The van der Waals surface area contributed by atoms with E-state index in [1.165, 1.54) is 0 Å². The zero-order valence-electron chi connectivity index (χ0n) is 20.5. The summed E-state index contributed by atoms with van der Waals surface area (Å²) in [5.41, 5.74) is 4.18. The van der Waals surface area contributed by atoms with Crippen molar-refractivity contribution in [3.05, 3.63) is 131 Å². The number of thioether (sulfide) groups is 1. The number of pyridine rings is 1. The predicted molar refractivity (Wildman–Crippen MR) is 148 cm³/mol. The Kier molecular flexibility index (Phi) is 7.80. The number of carbonyl (C=O) groups excluding carboxylic acids is 3. The molecule has 1 aliphatic heterocycles. The van der Waals surface area contributed by atoms with Gasteiger partial charge in [0.15, 0.2) is 0 Å². The minimum atomic E-state index is -0.319. The maximum Gasteiger partial charge on any atom is 0.255 e. The summed E-state index contributed by atoms with van der Waals surface area (Å²) in [5.74, 6) is -0.0784. The lowest BCUT2D eigenvalue weighted by Gasteiger charge is -2.24. The molecule has 38 heavy (non-hydrogen) atoms. The lowest BCUT2D eigenvalue weighted by Crippen LogP contribution is -2.27. The fourth-order valence-electron chi connectivity index (χ4n) is 4.25. The molecule has 0 spiro atoms. The first kappa shape index (κ1) is 25.2. The molecule has 0 bridgehead atoms. The van der Waals surface area contributed by atoms with Crippen LogP contribution in [0.2, 0.25) is 0 Å². The Morgan fingerprint density at radius 3 is 2.37 bits per heavy atom. The molecule has 5 rings (SSSR count). The SMILES string of the molecule is O=C(Nc1ccccc1C(=O)NCc1cccnc1)c1ccc([C@H]2SCC(=O)N2Cc2ccccc2)cc1. The first-order valence-corrected chi connectivity index (χ1v) is 13.3. The van der Waals surface area contributed by atoms with Gasteiger partial charge in [-0.15, -0.1) is 11.8 Å². The van der Waals surface area contributed by atoms with Gasteiger partial charge in [-0.3, -0.25) is 19.4 Å². The van der Waals surface area contributed by atoms with Gasteiger partial charge in [0.2, 0.25) is 5.91 Å². The van der Waals surface area contributed by atoms with E-state index in [9.17, 15) is 14.4 Å². The molecule has 0 radical (unpaired) electrons. The van der Waals surface area contributed by atoms with Crippen molar-refractivity contribution in [2.45, 2.75) is 18.5 Å². The Morgan fingerprint density at radius 2 is 1.61 bits per heavy atom. The average molecular weight is 523 g/mol. The maximum atomic E-state index is 13.0. The van der Waals surface area contributed by atoms with Gasteiger partial charge in [-0.1, -0.05) is 60.7 Å². The van der Waals surface area contributed by atoms with Crippen molar-refractivity contribution in [1.29, 1.82) is 0 Å². The van der Waals surface area contributed by atoms with Crippen LogP contribution in [-0.2, 0) is 17.9 Å². The van der Waals surface area contributed by atoms with Gasteiger partial charge in [0.05, 0.1) is 17.0 Å². The van der Waals surface area contributed by atoms with E-state index in [1.807, 2.05) is 59.5 Å². The van der Waals surface area contributed by atoms with Gasteiger partial charge in [0, 0.05) is 31.0 Å². The molecule has 1 atom stereocenters. The third kappa shape index (κ3) is 5.92. The second kappa shape index (κ2) is 11.7. The number of aromatic nitrogens is 1. The summed E-state index contributed by atoms with van der Waals surface area (Å²) in [6, 6.07) is 27.8. The average Bonchev–Trinajstić information content (AvgIpc) is 3.32. The van der Waals surface area contributed by atoms with Gasteiger partial charge >= 0.3 is 0 Å². The topological polar surface area (TPSA) is 91.4 Å². The number of nitrogens with one attached hydrogen (secondary N) is 2. The molecule has 1 fully saturated rings. The van der Waals surface area contributed by atoms with Crippen LogP contribution >= 0.6 is 11.8 Å². The number of hydrogen-bond donors (Lipinski definition) is 2. The third-order valence-corrected chi connectivity index (χ3v) is 7.47. The highest BCUT2D eigenvalue weighted by Crippen LogP contribution is 2.39. The molecule has 1 saturated heterocycles. The molecule has 7 nitrogen and oxygen atoms in total. The van der Waals surface area contributed by atoms with Gasteiger partial charge in [0.25, 0.3) is 11.8 Å². The van der Waals surface area contributed by atoms with Crippen LogP contribution in [0.3, 0.4) is 0 Å². The Labute approximate surface area is 225 Å². The van der Waals surface area contributed by atoms with Crippen molar-refractivity contribution in [2.75, 3.05) is 11.1 Å². The molecule has 4 aromatic rings. The first-order valence-electron chi connectivity index (χ1n) is 12.2. The van der Waals surface area contributed by atoms with Crippen molar-refractivity contribution in [1.82, 2.24) is 15.2 Å². The second-order valence-electron chi connectivity index (χ2n) is 8.84. The molecule has 190 valence electrons. The predicted octanol–water partition coefficient (Wildman–Crippen LogP) is 5.04. The van der Waals surface area contributed by atoms with Crippen molar-refractivity contribution in [3.63, 3.8) is 0 Å². The zero-order valence-corrected chi connectivity index (χ0v) is 21.4. The van der Waals surface area contributed by atoms with E-state index in [1.54, 1.807) is 60.6 Å². The number of anilines is 1. The molecule has 3 amide bonds. The smallest absolute Gasteiger partial charge is 0.255 e. The lowest BCUT2D eigenvalue weighted by molar-refractivity contribution is -0.128. The number of hydrogen-bond acceptors (Lipinski definition) is 5. The number of nitrogens with zero attached hydrogens (tertiary/aromatic N) is 2. The summed E-state index contributed by atoms with van der Waals surface area (Å²) >= 11 is 1.58. The fraction of sp³-hybridized carbons (Fsp3) is 0.133. The van der Waals surface area contributed by atoms with Crippen LogP contribution in [0.5, 0.6) is 0 Å². The van der Waals surface area contributed by atoms with Crippen molar-refractivity contribution in [2.24, 2.45) is 0 Å². The largest absolute Gasteiger partial charge is 0.348 e. The number of carbonyl (C=O) groups is 3. The Morgan fingerprint density at radius 1 is 0.868 bits per heavy atom. The molecule has 2 N–H and O–H groups in total. The van der Waals surface area contributed by atoms with Gasteiger partial charge in [0.1, 0.15) is 5.37 Å². The molecule has 1 aliphatic rings. The molecule has 1 aromatic heterocycles. The van der Waals surface area contributed by atoms with E-state index in [4.69, 9.17) is 0 Å². The summed E-state index contributed by atoms with van der Waals surface area (Å²) in [4.78, 5) is 44.3. The minimum absolute atomic E-state index is 0.101. The molecule has 8 heteroatoms. The summed E-state index contributed by atoms with van der Waals surface area (Å²) in [5, 5.41) is 5.62. The van der Waals surface area contributed by atoms with Gasteiger partial charge in [-0.25, -0.2) is 0 Å².